The summed E-state index contributed by atoms with van der Waals surface area (Å²) < 4.78 is 0. The van der Waals surface area contributed by atoms with Gasteiger partial charge in [-0.1, -0.05) is 18.9 Å². The number of hydrogen-bond acceptors (Lipinski definition) is 3. The number of anilines is 2. The second kappa shape index (κ2) is 3.86. The maximum atomic E-state index is 5.66. The Morgan fingerprint density at radius 3 is 2.71 bits per heavy atom. The van der Waals surface area contributed by atoms with E-state index in [9.17, 15) is 0 Å². The molecule has 0 amide bonds. The lowest BCUT2D eigenvalue weighted by atomic mass is 10.2. The predicted octanol–water partition coefficient (Wildman–Crippen LogP) is 2.04. The highest BCUT2D eigenvalue weighted by atomic mass is 15.2. The van der Waals surface area contributed by atoms with Crippen molar-refractivity contribution in [3.63, 3.8) is 0 Å². The molecule has 1 aliphatic carbocycles. The van der Waals surface area contributed by atoms with E-state index in [2.05, 4.69) is 16.9 Å². The third kappa shape index (κ3) is 1.81. The van der Waals surface area contributed by atoms with Crippen molar-refractivity contribution in [2.24, 2.45) is 0 Å². The van der Waals surface area contributed by atoms with E-state index in [-0.39, 0.29) is 0 Å². The van der Waals surface area contributed by atoms with Crippen molar-refractivity contribution in [2.75, 3.05) is 17.7 Å². The van der Waals surface area contributed by atoms with Crippen LogP contribution >= 0.6 is 0 Å². The van der Waals surface area contributed by atoms with Gasteiger partial charge in [0, 0.05) is 13.1 Å². The molecule has 0 aromatic carbocycles. The van der Waals surface area contributed by atoms with Gasteiger partial charge in [-0.25, -0.2) is 4.98 Å². The molecule has 1 aromatic heterocycles. The molecule has 1 heterocycles. The fourth-order valence-electron chi connectivity index (χ4n) is 2.11. The average molecular weight is 191 g/mol. The molecule has 2 rings (SSSR count). The Hall–Kier alpha value is -1.25. The minimum Gasteiger partial charge on any atom is -0.384 e. The van der Waals surface area contributed by atoms with E-state index < -0.39 is 0 Å². The Balaban J connectivity index is 2.13. The number of nitrogen functional groups attached to an aromatic ring is 1. The van der Waals surface area contributed by atoms with Crippen molar-refractivity contribution in [1.82, 2.24) is 4.98 Å². The quantitative estimate of drug-likeness (QED) is 0.777. The summed E-state index contributed by atoms with van der Waals surface area (Å²) in [5, 5.41) is 0. The summed E-state index contributed by atoms with van der Waals surface area (Å²) in [7, 11) is 2.11. The fourth-order valence-corrected chi connectivity index (χ4v) is 2.11. The topological polar surface area (TPSA) is 42.1 Å². The van der Waals surface area contributed by atoms with Gasteiger partial charge in [0.25, 0.3) is 0 Å². The first-order chi connectivity index (χ1) is 6.77. The molecule has 0 radical (unpaired) electrons. The van der Waals surface area contributed by atoms with Gasteiger partial charge in [-0.15, -0.1) is 0 Å². The van der Waals surface area contributed by atoms with Crippen LogP contribution in [0.3, 0.4) is 0 Å². The number of rotatable bonds is 2. The third-order valence-corrected chi connectivity index (χ3v) is 2.99. The van der Waals surface area contributed by atoms with Crippen molar-refractivity contribution in [3.05, 3.63) is 18.2 Å². The van der Waals surface area contributed by atoms with Crippen molar-refractivity contribution in [2.45, 2.75) is 31.7 Å². The average Bonchev–Trinajstić information content (AvgIpc) is 2.69. The van der Waals surface area contributed by atoms with E-state index in [1.54, 1.807) is 0 Å². The largest absolute Gasteiger partial charge is 0.384 e. The first-order valence-corrected chi connectivity index (χ1v) is 5.23. The molecular weight excluding hydrogens is 174 g/mol. The lowest BCUT2D eigenvalue weighted by Gasteiger charge is -2.25. The van der Waals surface area contributed by atoms with Gasteiger partial charge < -0.3 is 10.6 Å². The molecule has 1 aliphatic rings. The molecule has 76 valence electrons. The van der Waals surface area contributed by atoms with E-state index >= 15 is 0 Å². The lowest BCUT2D eigenvalue weighted by molar-refractivity contribution is 0.647. The molecule has 0 spiro atoms. The van der Waals surface area contributed by atoms with Crippen LogP contribution < -0.4 is 10.6 Å². The highest BCUT2D eigenvalue weighted by Gasteiger charge is 2.20. The van der Waals surface area contributed by atoms with E-state index in [4.69, 9.17) is 5.73 Å². The Labute approximate surface area is 84.9 Å². The summed E-state index contributed by atoms with van der Waals surface area (Å²) in [5.74, 6) is 1.60. The highest BCUT2D eigenvalue weighted by Crippen LogP contribution is 2.25. The van der Waals surface area contributed by atoms with Crippen LogP contribution in [0.1, 0.15) is 25.7 Å². The summed E-state index contributed by atoms with van der Waals surface area (Å²) >= 11 is 0. The fraction of sp³-hybridized carbons (Fsp3) is 0.545. The number of pyridine rings is 1. The third-order valence-electron chi connectivity index (χ3n) is 2.99. The summed E-state index contributed by atoms with van der Waals surface area (Å²) in [6, 6.07) is 6.47. The van der Waals surface area contributed by atoms with E-state index in [0.29, 0.717) is 11.9 Å². The van der Waals surface area contributed by atoms with Gasteiger partial charge >= 0.3 is 0 Å². The molecule has 0 saturated heterocycles. The number of hydrogen-bond donors (Lipinski definition) is 1. The number of nitrogens with two attached hydrogens (primary N) is 1. The smallest absolute Gasteiger partial charge is 0.130 e. The van der Waals surface area contributed by atoms with Gasteiger partial charge in [-0.3, -0.25) is 0 Å². The summed E-state index contributed by atoms with van der Waals surface area (Å²) in [5.41, 5.74) is 5.66. The Morgan fingerprint density at radius 1 is 1.36 bits per heavy atom. The second-order valence-corrected chi connectivity index (χ2v) is 3.97. The molecule has 14 heavy (non-hydrogen) atoms. The van der Waals surface area contributed by atoms with E-state index in [1.165, 1.54) is 25.7 Å². The zero-order valence-electron chi connectivity index (χ0n) is 8.61. The molecule has 3 nitrogen and oxygen atoms in total. The standard InChI is InChI=1S/C11H17N3/c1-14(9-5-2-3-6-9)11-8-4-7-10(12)13-11/h4,7-9H,2-3,5-6H2,1H3,(H2,12,13). The summed E-state index contributed by atoms with van der Waals surface area (Å²) in [6.07, 6.45) is 5.26. The number of aromatic nitrogens is 1. The molecular formula is C11H17N3. The molecule has 0 aliphatic heterocycles. The maximum Gasteiger partial charge on any atom is 0.130 e. The van der Waals surface area contributed by atoms with Crippen molar-refractivity contribution >= 4 is 11.6 Å². The molecule has 1 saturated carbocycles. The summed E-state index contributed by atoms with van der Waals surface area (Å²) in [6.45, 7) is 0. The van der Waals surface area contributed by atoms with Crippen LogP contribution in [0.2, 0.25) is 0 Å². The van der Waals surface area contributed by atoms with E-state index in [1.807, 2.05) is 18.2 Å². The zero-order chi connectivity index (χ0) is 9.97. The SMILES string of the molecule is CN(c1cccc(N)n1)C1CCCC1. The second-order valence-electron chi connectivity index (χ2n) is 3.97. The Morgan fingerprint density at radius 2 is 2.07 bits per heavy atom. The van der Waals surface area contributed by atoms with Crippen LogP contribution in [0.5, 0.6) is 0 Å². The van der Waals surface area contributed by atoms with Crippen molar-refractivity contribution in [3.8, 4) is 0 Å². The van der Waals surface area contributed by atoms with E-state index in [0.717, 1.165) is 5.82 Å². The monoisotopic (exact) mass is 191 g/mol. The molecule has 1 aromatic rings. The first-order valence-electron chi connectivity index (χ1n) is 5.23. The molecule has 2 N–H and O–H groups in total. The minimum atomic E-state index is 0.604. The minimum absolute atomic E-state index is 0.604. The van der Waals surface area contributed by atoms with Gasteiger partial charge in [-0.05, 0) is 25.0 Å². The maximum absolute atomic E-state index is 5.66. The predicted molar refractivity (Wildman–Crippen MR) is 59.3 cm³/mol. The first kappa shape index (κ1) is 9.31. The summed E-state index contributed by atoms with van der Waals surface area (Å²) in [4.78, 5) is 6.57. The molecule has 0 unspecified atom stereocenters. The molecule has 1 fully saturated rings. The van der Waals surface area contributed by atoms with Crippen LogP contribution in [-0.2, 0) is 0 Å². The normalized spacial score (nSPS) is 17.2. The Kier molecular flexibility index (Phi) is 2.57. The zero-order valence-corrected chi connectivity index (χ0v) is 8.61. The van der Waals surface area contributed by atoms with Crippen LogP contribution in [0, 0.1) is 0 Å². The van der Waals surface area contributed by atoms with Gasteiger partial charge in [-0.2, -0.15) is 0 Å². The lowest BCUT2D eigenvalue weighted by Crippen LogP contribution is -2.29. The van der Waals surface area contributed by atoms with Crippen LogP contribution in [-0.4, -0.2) is 18.1 Å². The molecule has 0 bridgehead atoms. The van der Waals surface area contributed by atoms with Crippen LogP contribution in [0.15, 0.2) is 18.2 Å². The van der Waals surface area contributed by atoms with Gasteiger partial charge in [0.15, 0.2) is 0 Å². The van der Waals surface area contributed by atoms with Gasteiger partial charge in [0.2, 0.25) is 0 Å². The van der Waals surface area contributed by atoms with Crippen molar-refractivity contribution < 1.29 is 0 Å². The van der Waals surface area contributed by atoms with Crippen molar-refractivity contribution in [1.29, 1.82) is 0 Å². The van der Waals surface area contributed by atoms with Crippen LogP contribution in [0.4, 0.5) is 11.6 Å². The van der Waals surface area contributed by atoms with Crippen LogP contribution in [0.25, 0.3) is 0 Å². The Bertz CT molecular complexity index is 305. The molecule has 3 heteroatoms. The number of nitrogens with zero attached hydrogens (tertiary/aromatic N) is 2. The van der Waals surface area contributed by atoms with Gasteiger partial charge in [0.1, 0.15) is 11.6 Å². The van der Waals surface area contributed by atoms with Gasteiger partial charge in [0.05, 0.1) is 0 Å². The molecule has 0 atom stereocenters. The highest BCUT2D eigenvalue weighted by molar-refractivity contribution is 5.45.